The molecule has 4 rings (SSSR count). The van der Waals surface area contributed by atoms with Gasteiger partial charge < -0.3 is 14.3 Å². The number of fused-ring (bicyclic) bond motifs is 1. The van der Waals surface area contributed by atoms with Crippen molar-refractivity contribution < 1.29 is 9.94 Å². The SMILES string of the molecule is COc1ccc(-c2cn3c(/C(=N/O)c4c(Cl)cccc4Cl)ccc3cn2)cc1. The van der Waals surface area contributed by atoms with Crippen LogP contribution >= 0.6 is 23.2 Å². The molecule has 140 valence electrons. The molecule has 28 heavy (non-hydrogen) atoms. The second-order valence-corrected chi connectivity index (χ2v) is 6.87. The van der Waals surface area contributed by atoms with Crippen LogP contribution in [0.4, 0.5) is 0 Å². The molecule has 0 saturated heterocycles. The number of benzene rings is 2. The minimum atomic E-state index is 0.280. The van der Waals surface area contributed by atoms with E-state index in [1.54, 1.807) is 31.5 Å². The maximum absolute atomic E-state index is 9.73. The molecule has 0 radical (unpaired) electrons. The van der Waals surface area contributed by atoms with Gasteiger partial charge in [0.1, 0.15) is 11.5 Å². The minimum Gasteiger partial charge on any atom is -0.497 e. The van der Waals surface area contributed by atoms with Crippen molar-refractivity contribution in [2.45, 2.75) is 0 Å². The Bertz CT molecular complexity index is 1160. The number of hydrogen-bond donors (Lipinski definition) is 1. The molecule has 0 fully saturated rings. The number of rotatable bonds is 4. The zero-order valence-corrected chi connectivity index (χ0v) is 16.3. The number of aromatic nitrogens is 2. The van der Waals surface area contributed by atoms with E-state index in [4.69, 9.17) is 27.9 Å². The van der Waals surface area contributed by atoms with Crippen molar-refractivity contribution in [3.05, 3.63) is 88.3 Å². The Morgan fingerprint density at radius 3 is 2.39 bits per heavy atom. The highest BCUT2D eigenvalue weighted by Crippen LogP contribution is 2.29. The molecule has 2 aromatic heterocycles. The third-order valence-corrected chi connectivity index (χ3v) is 5.09. The van der Waals surface area contributed by atoms with E-state index < -0.39 is 0 Å². The molecule has 0 amide bonds. The summed E-state index contributed by atoms with van der Waals surface area (Å²) in [6, 6.07) is 16.5. The fourth-order valence-corrected chi connectivity index (χ4v) is 3.64. The van der Waals surface area contributed by atoms with Gasteiger partial charge >= 0.3 is 0 Å². The smallest absolute Gasteiger partial charge is 0.136 e. The first-order valence-electron chi connectivity index (χ1n) is 8.40. The quantitative estimate of drug-likeness (QED) is 0.272. The molecule has 0 unspecified atom stereocenters. The van der Waals surface area contributed by atoms with Gasteiger partial charge in [0.15, 0.2) is 0 Å². The van der Waals surface area contributed by atoms with E-state index in [0.29, 0.717) is 21.3 Å². The van der Waals surface area contributed by atoms with Crippen LogP contribution in [0.1, 0.15) is 11.3 Å². The van der Waals surface area contributed by atoms with Crippen molar-refractivity contribution in [2.24, 2.45) is 5.16 Å². The molecule has 2 aromatic carbocycles. The Hall–Kier alpha value is -3.02. The van der Waals surface area contributed by atoms with Gasteiger partial charge in [-0.1, -0.05) is 34.4 Å². The number of hydrogen-bond acceptors (Lipinski definition) is 4. The maximum Gasteiger partial charge on any atom is 0.136 e. The normalized spacial score (nSPS) is 11.8. The highest BCUT2D eigenvalue weighted by molar-refractivity contribution is 6.41. The van der Waals surface area contributed by atoms with Crippen molar-refractivity contribution >= 4 is 34.4 Å². The van der Waals surface area contributed by atoms with Crippen LogP contribution in [0.5, 0.6) is 5.75 Å². The van der Waals surface area contributed by atoms with E-state index in [1.165, 1.54) is 0 Å². The molecule has 1 N–H and O–H groups in total. The van der Waals surface area contributed by atoms with Crippen molar-refractivity contribution in [3.8, 4) is 17.0 Å². The molecule has 0 aliphatic rings. The third-order valence-electron chi connectivity index (χ3n) is 4.46. The summed E-state index contributed by atoms with van der Waals surface area (Å²) < 4.78 is 7.10. The van der Waals surface area contributed by atoms with Crippen molar-refractivity contribution in [2.75, 3.05) is 7.11 Å². The number of methoxy groups -OCH3 is 1. The Morgan fingerprint density at radius 1 is 1.04 bits per heavy atom. The number of ether oxygens (including phenoxy) is 1. The fraction of sp³-hybridized carbons (Fsp3) is 0.0476. The summed E-state index contributed by atoms with van der Waals surface area (Å²) in [5.74, 6) is 0.773. The molecule has 0 aliphatic heterocycles. The first-order valence-corrected chi connectivity index (χ1v) is 9.16. The summed E-state index contributed by atoms with van der Waals surface area (Å²) in [4.78, 5) is 4.52. The summed E-state index contributed by atoms with van der Waals surface area (Å²) in [6.45, 7) is 0. The molecule has 0 saturated carbocycles. The van der Waals surface area contributed by atoms with Crippen LogP contribution in [0.15, 0.2) is 72.1 Å². The molecule has 0 aliphatic carbocycles. The van der Waals surface area contributed by atoms with Crippen LogP contribution in [-0.4, -0.2) is 27.4 Å². The highest BCUT2D eigenvalue weighted by Gasteiger charge is 2.19. The highest BCUT2D eigenvalue weighted by atomic mass is 35.5. The van der Waals surface area contributed by atoms with Crippen LogP contribution in [0.2, 0.25) is 10.0 Å². The fourth-order valence-electron chi connectivity index (χ4n) is 3.06. The van der Waals surface area contributed by atoms with Crippen LogP contribution in [0.25, 0.3) is 16.8 Å². The Labute approximate surface area is 171 Å². The van der Waals surface area contributed by atoms with E-state index in [1.807, 2.05) is 47.0 Å². The van der Waals surface area contributed by atoms with Gasteiger partial charge in [-0.15, -0.1) is 0 Å². The van der Waals surface area contributed by atoms with Gasteiger partial charge in [0.2, 0.25) is 0 Å². The van der Waals surface area contributed by atoms with Gasteiger partial charge in [-0.25, -0.2) is 0 Å². The first-order chi connectivity index (χ1) is 13.6. The van der Waals surface area contributed by atoms with Gasteiger partial charge in [0.25, 0.3) is 0 Å². The minimum absolute atomic E-state index is 0.280. The molecule has 7 heteroatoms. The molecule has 5 nitrogen and oxygen atoms in total. The average molecular weight is 412 g/mol. The van der Waals surface area contributed by atoms with Gasteiger partial charge in [-0.2, -0.15) is 0 Å². The maximum atomic E-state index is 9.73. The number of halogens is 2. The topological polar surface area (TPSA) is 59.1 Å². The lowest BCUT2D eigenvalue weighted by Crippen LogP contribution is -2.09. The molecular formula is C21H15Cl2N3O2. The van der Waals surface area contributed by atoms with Crippen molar-refractivity contribution in [1.29, 1.82) is 0 Å². The predicted molar refractivity (Wildman–Crippen MR) is 111 cm³/mol. The lowest BCUT2D eigenvalue weighted by Gasteiger charge is -2.10. The van der Waals surface area contributed by atoms with Gasteiger partial charge in [-0.05, 0) is 48.5 Å². The van der Waals surface area contributed by atoms with E-state index in [2.05, 4.69) is 10.1 Å². The van der Waals surface area contributed by atoms with Crippen molar-refractivity contribution in [1.82, 2.24) is 9.38 Å². The Morgan fingerprint density at radius 2 is 1.75 bits per heavy atom. The zero-order valence-electron chi connectivity index (χ0n) is 14.8. The van der Waals surface area contributed by atoms with Crippen LogP contribution < -0.4 is 4.74 Å². The summed E-state index contributed by atoms with van der Waals surface area (Å²) in [6.07, 6.45) is 3.63. The first kappa shape index (κ1) is 18.3. The number of nitrogens with zero attached hydrogens (tertiary/aromatic N) is 3. The van der Waals surface area contributed by atoms with Crippen molar-refractivity contribution in [3.63, 3.8) is 0 Å². The summed E-state index contributed by atoms with van der Waals surface area (Å²) in [5, 5.41) is 14.0. The van der Waals surface area contributed by atoms with E-state index in [9.17, 15) is 5.21 Å². The summed E-state index contributed by atoms with van der Waals surface area (Å²) in [7, 11) is 1.63. The largest absolute Gasteiger partial charge is 0.497 e. The van der Waals surface area contributed by atoms with Gasteiger partial charge in [0, 0.05) is 17.3 Å². The molecule has 2 heterocycles. The third kappa shape index (κ3) is 3.19. The lowest BCUT2D eigenvalue weighted by molar-refractivity contribution is 0.319. The van der Waals surface area contributed by atoms with E-state index in [0.717, 1.165) is 22.5 Å². The molecule has 4 aromatic rings. The zero-order chi connectivity index (χ0) is 19.7. The average Bonchev–Trinajstić information content (AvgIpc) is 3.14. The molecule has 0 bridgehead atoms. The standard InChI is InChI=1S/C21H15Cl2N3O2/c1-28-15-8-5-13(6-9-15)18-12-26-14(11-24-18)7-10-19(26)21(25-27)20-16(22)3-2-4-17(20)23/h2-12,27H,1H3/b25-21-. The Kier molecular flexibility index (Phi) is 4.94. The summed E-state index contributed by atoms with van der Waals surface area (Å²) >= 11 is 12.6. The van der Waals surface area contributed by atoms with E-state index in [-0.39, 0.29) is 5.71 Å². The summed E-state index contributed by atoms with van der Waals surface area (Å²) in [5.41, 5.74) is 3.93. The number of oxime groups is 1. The Balaban J connectivity index is 1.86. The second kappa shape index (κ2) is 7.54. The predicted octanol–water partition coefficient (Wildman–Crippen LogP) is 5.54. The van der Waals surface area contributed by atoms with Crippen LogP contribution in [0.3, 0.4) is 0 Å². The van der Waals surface area contributed by atoms with Gasteiger partial charge in [0.05, 0.1) is 40.3 Å². The van der Waals surface area contributed by atoms with Gasteiger partial charge in [-0.3, -0.25) is 4.98 Å². The molecule has 0 atom stereocenters. The van der Waals surface area contributed by atoms with Crippen LogP contribution in [-0.2, 0) is 0 Å². The van der Waals surface area contributed by atoms with E-state index >= 15 is 0 Å². The monoisotopic (exact) mass is 411 g/mol. The van der Waals surface area contributed by atoms with Crippen LogP contribution in [0, 0.1) is 0 Å². The second-order valence-electron chi connectivity index (χ2n) is 6.06. The lowest BCUT2D eigenvalue weighted by atomic mass is 10.1. The molecular weight excluding hydrogens is 397 g/mol. The molecule has 0 spiro atoms.